The van der Waals surface area contributed by atoms with Gasteiger partial charge in [0.2, 0.25) is 10.0 Å². The van der Waals surface area contributed by atoms with Crippen LogP contribution in [0.4, 0.5) is 4.39 Å². The number of aromatic nitrogens is 2. The largest absolute Gasteiger partial charge is 0.366 e. The maximum Gasteiger partial charge on any atom is 0.251 e. The summed E-state index contributed by atoms with van der Waals surface area (Å²) >= 11 is 0. The number of hydrogen-bond acceptors (Lipinski definition) is 4. The van der Waals surface area contributed by atoms with Gasteiger partial charge in [-0.3, -0.25) is 9.78 Å². The number of nitrogens with one attached hydrogen (secondary N) is 1. The van der Waals surface area contributed by atoms with E-state index < -0.39 is 27.3 Å². The van der Waals surface area contributed by atoms with Crippen LogP contribution in [0.15, 0.2) is 35.4 Å². The molecule has 1 fully saturated rings. The number of aryl methyl sites for hydroxylation is 1. The van der Waals surface area contributed by atoms with Gasteiger partial charge in [0.25, 0.3) is 5.91 Å². The van der Waals surface area contributed by atoms with E-state index in [4.69, 9.17) is 5.73 Å². The molecule has 1 aliphatic carbocycles. The molecule has 1 aliphatic rings. The van der Waals surface area contributed by atoms with Crippen molar-refractivity contribution in [3.63, 3.8) is 0 Å². The Bertz CT molecular complexity index is 1350. The minimum Gasteiger partial charge on any atom is -0.366 e. The van der Waals surface area contributed by atoms with Crippen molar-refractivity contribution in [3.8, 4) is 11.4 Å². The molecule has 3 N–H and O–H groups in total. The number of fused-ring (bicyclic) bond motifs is 1. The summed E-state index contributed by atoms with van der Waals surface area (Å²) in [4.78, 5) is 17.1. The molecular weight excluding hydrogens is 455 g/mol. The number of sulfonamides is 1. The normalized spacial score (nSPS) is 15.7. The summed E-state index contributed by atoms with van der Waals surface area (Å²) in [5.74, 6) is -1.09. The third kappa shape index (κ3) is 4.59. The van der Waals surface area contributed by atoms with Crippen LogP contribution in [0.1, 0.15) is 74.8 Å². The molecule has 182 valence electrons. The zero-order valence-corrected chi connectivity index (χ0v) is 20.8. The summed E-state index contributed by atoms with van der Waals surface area (Å²) in [7, 11) is -3.77. The van der Waals surface area contributed by atoms with Crippen LogP contribution in [-0.4, -0.2) is 29.4 Å². The van der Waals surface area contributed by atoms with E-state index in [0.717, 1.165) is 37.6 Å². The van der Waals surface area contributed by atoms with Crippen molar-refractivity contribution in [2.24, 2.45) is 5.73 Å². The molecule has 1 amide bonds. The highest BCUT2D eigenvalue weighted by molar-refractivity contribution is 7.89. The fraction of sp³-hybridized carbons (Fsp3) is 0.440. The van der Waals surface area contributed by atoms with Gasteiger partial charge < -0.3 is 10.3 Å². The molecule has 0 spiro atoms. The molecule has 0 radical (unpaired) electrons. The van der Waals surface area contributed by atoms with Crippen molar-refractivity contribution in [2.45, 2.75) is 76.3 Å². The lowest BCUT2D eigenvalue weighted by molar-refractivity contribution is 0.100. The summed E-state index contributed by atoms with van der Waals surface area (Å²) in [6.45, 7) is 6.97. The maximum absolute atomic E-state index is 14.5. The monoisotopic (exact) mass is 486 g/mol. The molecule has 0 aliphatic heterocycles. The first-order valence-electron chi connectivity index (χ1n) is 11.5. The molecule has 9 heteroatoms. The number of nitrogens with two attached hydrogens (primary N) is 1. The zero-order chi connectivity index (χ0) is 24.8. The highest BCUT2D eigenvalue weighted by Crippen LogP contribution is 2.41. The first kappa shape index (κ1) is 24.3. The van der Waals surface area contributed by atoms with Crippen LogP contribution < -0.4 is 10.5 Å². The van der Waals surface area contributed by atoms with Crippen molar-refractivity contribution < 1.29 is 17.6 Å². The van der Waals surface area contributed by atoms with Gasteiger partial charge in [-0.15, -0.1) is 0 Å². The van der Waals surface area contributed by atoms with Crippen molar-refractivity contribution in [3.05, 3.63) is 47.4 Å². The molecular formula is C25H31FN4O3S. The van der Waals surface area contributed by atoms with E-state index in [2.05, 4.69) is 14.3 Å². The zero-order valence-electron chi connectivity index (χ0n) is 20.0. The number of rotatable bonds is 5. The van der Waals surface area contributed by atoms with E-state index in [1.807, 2.05) is 0 Å². The Hall–Kier alpha value is -2.78. The van der Waals surface area contributed by atoms with Gasteiger partial charge in [-0.25, -0.2) is 17.5 Å². The highest BCUT2D eigenvalue weighted by Gasteiger charge is 2.29. The lowest BCUT2D eigenvalue weighted by Gasteiger charge is -2.26. The number of carbonyl (C=O) groups is 1. The fourth-order valence-electron chi connectivity index (χ4n) is 4.80. The topological polar surface area (TPSA) is 107 Å². The minimum absolute atomic E-state index is 0.0222. The predicted molar refractivity (Wildman–Crippen MR) is 131 cm³/mol. The number of halogens is 1. The van der Waals surface area contributed by atoms with Gasteiger partial charge in [0.05, 0.1) is 22.5 Å². The Kier molecular flexibility index (Phi) is 6.29. The average Bonchev–Trinajstić information content (AvgIpc) is 3.07. The van der Waals surface area contributed by atoms with Gasteiger partial charge >= 0.3 is 0 Å². The van der Waals surface area contributed by atoms with Crippen LogP contribution in [0.25, 0.3) is 22.3 Å². The number of nitrogens with zero attached hydrogens (tertiary/aromatic N) is 2. The molecule has 0 unspecified atom stereocenters. The van der Waals surface area contributed by atoms with E-state index in [-0.39, 0.29) is 16.5 Å². The van der Waals surface area contributed by atoms with Gasteiger partial charge in [0, 0.05) is 23.2 Å². The smallest absolute Gasteiger partial charge is 0.251 e. The Morgan fingerprint density at radius 2 is 1.85 bits per heavy atom. The lowest BCUT2D eigenvalue weighted by atomic mass is 9.94. The SMILES string of the molecule is Cc1cc2c(cc1F)c(C(N)=O)c(-c1ccc(S(=O)(=O)NC(C)(C)C)cn1)n2C1CCCCC1. The molecule has 3 aromatic rings. The van der Waals surface area contributed by atoms with Gasteiger partial charge in [0.15, 0.2) is 0 Å². The molecule has 0 saturated heterocycles. The standard InChI is InChI=1S/C25H31FN4O3S/c1-15-12-21-18(13-19(15)26)22(24(27)31)23(30(21)16-8-6-5-7-9-16)20-11-10-17(14-28-20)34(32,33)29-25(2,3)4/h10-14,16,29H,5-9H2,1-4H3,(H2,27,31). The number of amides is 1. The van der Waals surface area contributed by atoms with Crippen LogP contribution in [0.3, 0.4) is 0 Å². The third-order valence-electron chi connectivity index (χ3n) is 6.20. The molecule has 2 aromatic heterocycles. The Balaban J connectivity index is 1.94. The molecule has 0 bridgehead atoms. The molecule has 1 aromatic carbocycles. The second kappa shape index (κ2) is 8.78. The number of carbonyl (C=O) groups excluding carboxylic acids is 1. The second-order valence-corrected chi connectivity index (χ2v) is 11.8. The fourth-order valence-corrected chi connectivity index (χ4v) is 6.16. The van der Waals surface area contributed by atoms with E-state index >= 15 is 0 Å². The van der Waals surface area contributed by atoms with Crippen LogP contribution in [0.5, 0.6) is 0 Å². The lowest BCUT2D eigenvalue weighted by Crippen LogP contribution is -2.40. The number of benzene rings is 1. The Morgan fingerprint density at radius 1 is 1.18 bits per heavy atom. The van der Waals surface area contributed by atoms with Gasteiger partial charge in [-0.1, -0.05) is 19.3 Å². The maximum atomic E-state index is 14.5. The van der Waals surface area contributed by atoms with Crippen LogP contribution >= 0.6 is 0 Å². The minimum atomic E-state index is -3.77. The molecule has 2 heterocycles. The van der Waals surface area contributed by atoms with Crippen molar-refractivity contribution in [1.82, 2.24) is 14.3 Å². The molecule has 4 rings (SSSR count). The van der Waals surface area contributed by atoms with E-state index in [0.29, 0.717) is 22.3 Å². The second-order valence-electron chi connectivity index (χ2n) is 10.1. The number of primary amides is 1. The van der Waals surface area contributed by atoms with E-state index in [1.54, 1.807) is 39.8 Å². The third-order valence-corrected chi connectivity index (χ3v) is 7.94. The molecule has 7 nitrogen and oxygen atoms in total. The Labute approximate surface area is 199 Å². The van der Waals surface area contributed by atoms with Crippen LogP contribution in [0, 0.1) is 12.7 Å². The first-order chi connectivity index (χ1) is 15.9. The molecule has 34 heavy (non-hydrogen) atoms. The van der Waals surface area contributed by atoms with E-state index in [1.165, 1.54) is 18.3 Å². The van der Waals surface area contributed by atoms with Crippen LogP contribution in [-0.2, 0) is 10.0 Å². The Morgan fingerprint density at radius 3 is 2.41 bits per heavy atom. The quantitative estimate of drug-likeness (QED) is 0.538. The van der Waals surface area contributed by atoms with Crippen molar-refractivity contribution >= 4 is 26.8 Å². The molecule has 0 atom stereocenters. The highest BCUT2D eigenvalue weighted by atomic mass is 32.2. The van der Waals surface area contributed by atoms with Crippen molar-refractivity contribution in [2.75, 3.05) is 0 Å². The summed E-state index contributed by atoms with van der Waals surface area (Å²) in [6, 6.07) is 6.27. The predicted octanol–water partition coefficient (Wildman–Crippen LogP) is 4.83. The van der Waals surface area contributed by atoms with Gasteiger partial charge in [-0.2, -0.15) is 0 Å². The summed E-state index contributed by atoms with van der Waals surface area (Å²) < 4.78 is 44.7. The number of pyridine rings is 1. The van der Waals surface area contributed by atoms with Gasteiger partial charge in [0.1, 0.15) is 10.7 Å². The van der Waals surface area contributed by atoms with E-state index in [9.17, 15) is 17.6 Å². The van der Waals surface area contributed by atoms with Crippen LogP contribution in [0.2, 0.25) is 0 Å². The first-order valence-corrected chi connectivity index (χ1v) is 13.0. The van der Waals surface area contributed by atoms with Crippen molar-refractivity contribution in [1.29, 1.82) is 0 Å². The van der Waals surface area contributed by atoms with Gasteiger partial charge in [-0.05, 0) is 70.4 Å². The summed E-state index contributed by atoms with van der Waals surface area (Å²) in [6.07, 6.45) is 6.38. The molecule has 1 saturated carbocycles. The summed E-state index contributed by atoms with van der Waals surface area (Å²) in [5.41, 5.74) is 7.51. The average molecular weight is 487 g/mol. The summed E-state index contributed by atoms with van der Waals surface area (Å²) in [5, 5.41) is 0.448. The number of hydrogen-bond donors (Lipinski definition) is 2.